The average Bonchev–Trinajstić information content (AvgIpc) is 3.40. The number of nitrogens with zero attached hydrogens (tertiary/aromatic N) is 4. The Morgan fingerprint density at radius 2 is 2.03 bits per heavy atom. The predicted octanol–water partition coefficient (Wildman–Crippen LogP) is 3.23. The van der Waals surface area contributed by atoms with Gasteiger partial charge in [0.05, 0.1) is 30.5 Å². The van der Waals surface area contributed by atoms with Gasteiger partial charge in [-0.05, 0) is 42.7 Å². The van der Waals surface area contributed by atoms with Crippen LogP contribution in [0.1, 0.15) is 34.8 Å². The summed E-state index contributed by atoms with van der Waals surface area (Å²) in [5, 5.41) is 5.47. The van der Waals surface area contributed by atoms with Crippen molar-refractivity contribution >= 4 is 22.5 Å². The number of hydrogen-bond acceptors (Lipinski definition) is 4. The van der Waals surface area contributed by atoms with E-state index in [1.807, 2.05) is 29.4 Å². The third-order valence-corrected chi connectivity index (χ3v) is 5.92. The molecule has 4 aromatic rings. The lowest BCUT2D eigenvalue weighted by Gasteiger charge is -2.26. The lowest BCUT2D eigenvalue weighted by atomic mass is 10.1. The van der Waals surface area contributed by atoms with Crippen LogP contribution in [0.5, 0.6) is 0 Å². The van der Waals surface area contributed by atoms with Gasteiger partial charge in [0.25, 0.3) is 5.91 Å². The first-order valence-corrected chi connectivity index (χ1v) is 10.1. The molecule has 1 N–H and O–H groups in total. The number of carbonyl (C=O) groups is 1. The van der Waals surface area contributed by atoms with Crippen molar-refractivity contribution in [2.24, 2.45) is 0 Å². The number of hydrogen-bond donors (Lipinski definition) is 1. The maximum absolute atomic E-state index is 13.0. The molecular formula is C22H21N5O2. The Balaban J connectivity index is 1.41. The fourth-order valence-electron chi connectivity index (χ4n) is 4.11. The summed E-state index contributed by atoms with van der Waals surface area (Å²) in [7, 11) is 0. The minimum Gasteiger partial charge on any atom is -0.378 e. The van der Waals surface area contributed by atoms with Crippen molar-refractivity contribution in [2.45, 2.75) is 18.8 Å². The van der Waals surface area contributed by atoms with Crippen LogP contribution in [-0.2, 0) is 4.74 Å². The smallest absolute Gasteiger partial charge is 0.257 e. The molecular weight excluding hydrogens is 366 g/mol. The van der Waals surface area contributed by atoms with Crippen molar-refractivity contribution in [3.63, 3.8) is 0 Å². The van der Waals surface area contributed by atoms with Gasteiger partial charge >= 0.3 is 0 Å². The molecule has 1 aliphatic heterocycles. The fraction of sp³-hybridized carbons (Fsp3) is 0.318. The standard InChI is InChI=1S/C22H21N5O2/c28-22(26-7-9-29-10-8-26)18-13-24-27-6-5-15(11-20(18)27)17-12-23-21-16(17)3-4-19(25-21)14-1-2-14/h3-6,11-14H,1-2,7-10H2,(H,23,25). The summed E-state index contributed by atoms with van der Waals surface area (Å²) in [6.45, 7) is 2.41. The first kappa shape index (κ1) is 16.7. The first-order chi connectivity index (χ1) is 14.3. The maximum atomic E-state index is 13.0. The Morgan fingerprint density at radius 3 is 2.86 bits per heavy atom. The molecule has 1 aliphatic carbocycles. The Morgan fingerprint density at radius 1 is 1.17 bits per heavy atom. The van der Waals surface area contributed by atoms with Gasteiger partial charge < -0.3 is 14.6 Å². The van der Waals surface area contributed by atoms with Crippen LogP contribution in [0.2, 0.25) is 0 Å². The normalized spacial score (nSPS) is 17.3. The zero-order valence-corrected chi connectivity index (χ0v) is 16.0. The molecule has 0 bridgehead atoms. The third-order valence-electron chi connectivity index (χ3n) is 5.92. The van der Waals surface area contributed by atoms with E-state index >= 15 is 0 Å². The molecule has 29 heavy (non-hydrogen) atoms. The van der Waals surface area contributed by atoms with Crippen LogP contribution in [0.25, 0.3) is 27.7 Å². The van der Waals surface area contributed by atoms with Crippen LogP contribution in [0.4, 0.5) is 0 Å². The quantitative estimate of drug-likeness (QED) is 0.586. The molecule has 0 aromatic carbocycles. The van der Waals surface area contributed by atoms with E-state index in [2.05, 4.69) is 22.2 Å². The van der Waals surface area contributed by atoms with Crippen LogP contribution in [-0.4, -0.2) is 56.7 Å². The number of ether oxygens (including phenoxy) is 1. The number of aromatic nitrogens is 4. The number of pyridine rings is 2. The molecule has 1 amide bonds. The zero-order valence-electron chi connectivity index (χ0n) is 16.0. The minimum absolute atomic E-state index is 0.00937. The summed E-state index contributed by atoms with van der Waals surface area (Å²) in [5.74, 6) is 0.637. The molecule has 5 heterocycles. The lowest BCUT2D eigenvalue weighted by molar-refractivity contribution is 0.0304. The van der Waals surface area contributed by atoms with E-state index in [1.54, 1.807) is 10.7 Å². The van der Waals surface area contributed by atoms with E-state index in [4.69, 9.17) is 9.72 Å². The number of nitrogens with one attached hydrogen (secondary N) is 1. The van der Waals surface area contributed by atoms with Crippen molar-refractivity contribution in [1.82, 2.24) is 24.5 Å². The highest BCUT2D eigenvalue weighted by atomic mass is 16.5. The van der Waals surface area contributed by atoms with Gasteiger partial charge in [-0.1, -0.05) is 0 Å². The van der Waals surface area contributed by atoms with Gasteiger partial charge in [-0.25, -0.2) is 9.50 Å². The molecule has 2 aliphatic rings. The summed E-state index contributed by atoms with van der Waals surface area (Å²) >= 11 is 0. The molecule has 146 valence electrons. The number of H-pyrrole nitrogens is 1. The molecule has 1 saturated heterocycles. The number of carbonyl (C=O) groups excluding carboxylic acids is 1. The van der Waals surface area contributed by atoms with Crippen LogP contribution < -0.4 is 0 Å². The number of fused-ring (bicyclic) bond motifs is 2. The summed E-state index contributed by atoms with van der Waals surface area (Å²) in [4.78, 5) is 22.9. The zero-order chi connectivity index (χ0) is 19.4. The second kappa shape index (κ2) is 6.42. The van der Waals surface area contributed by atoms with Crippen molar-refractivity contribution in [3.05, 3.63) is 54.1 Å². The van der Waals surface area contributed by atoms with Gasteiger partial charge in [0.1, 0.15) is 5.65 Å². The molecule has 7 nitrogen and oxygen atoms in total. The molecule has 1 saturated carbocycles. The molecule has 0 radical (unpaired) electrons. The predicted molar refractivity (Wildman–Crippen MR) is 109 cm³/mol. The van der Waals surface area contributed by atoms with Gasteiger partial charge in [-0.3, -0.25) is 4.79 Å². The maximum Gasteiger partial charge on any atom is 0.257 e. The van der Waals surface area contributed by atoms with E-state index in [0.717, 1.165) is 27.7 Å². The highest BCUT2D eigenvalue weighted by Gasteiger charge is 2.26. The van der Waals surface area contributed by atoms with E-state index < -0.39 is 0 Å². The Kier molecular flexibility index (Phi) is 3.70. The number of aromatic amines is 1. The Hall–Kier alpha value is -3.19. The minimum atomic E-state index is 0.00937. The largest absolute Gasteiger partial charge is 0.378 e. The summed E-state index contributed by atoms with van der Waals surface area (Å²) < 4.78 is 7.13. The number of amides is 1. The Labute approximate surface area is 167 Å². The monoisotopic (exact) mass is 387 g/mol. The van der Waals surface area contributed by atoms with Gasteiger partial charge in [0, 0.05) is 48.0 Å². The van der Waals surface area contributed by atoms with Gasteiger partial charge in [0.2, 0.25) is 0 Å². The van der Waals surface area contributed by atoms with E-state index in [1.165, 1.54) is 18.5 Å². The highest BCUT2D eigenvalue weighted by Crippen LogP contribution is 2.40. The van der Waals surface area contributed by atoms with E-state index in [-0.39, 0.29) is 5.91 Å². The molecule has 2 fully saturated rings. The fourth-order valence-corrected chi connectivity index (χ4v) is 4.11. The van der Waals surface area contributed by atoms with Crippen LogP contribution in [0.3, 0.4) is 0 Å². The van der Waals surface area contributed by atoms with Gasteiger partial charge in [0.15, 0.2) is 0 Å². The van der Waals surface area contributed by atoms with Crippen LogP contribution in [0, 0.1) is 0 Å². The number of morpholine rings is 1. The topological polar surface area (TPSA) is 75.5 Å². The van der Waals surface area contributed by atoms with Crippen molar-refractivity contribution in [1.29, 1.82) is 0 Å². The van der Waals surface area contributed by atoms with Crippen molar-refractivity contribution in [2.75, 3.05) is 26.3 Å². The SMILES string of the molecule is O=C(c1cnn2ccc(-c3c[nH]c4nc(C5CC5)ccc34)cc12)N1CCOCC1. The molecule has 4 aromatic heterocycles. The lowest BCUT2D eigenvalue weighted by Crippen LogP contribution is -2.40. The van der Waals surface area contributed by atoms with E-state index in [9.17, 15) is 4.79 Å². The third kappa shape index (κ3) is 2.81. The van der Waals surface area contributed by atoms with Crippen LogP contribution >= 0.6 is 0 Å². The van der Waals surface area contributed by atoms with Crippen LogP contribution in [0.15, 0.2) is 42.9 Å². The molecule has 0 unspecified atom stereocenters. The average molecular weight is 387 g/mol. The van der Waals surface area contributed by atoms with Crippen molar-refractivity contribution in [3.8, 4) is 11.1 Å². The van der Waals surface area contributed by atoms with Gasteiger partial charge in [-0.2, -0.15) is 5.10 Å². The van der Waals surface area contributed by atoms with Gasteiger partial charge in [-0.15, -0.1) is 0 Å². The first-order valence-electron chi connectivity index (χ1n) is 10.1. The molecule has 6 rings (SSSR count). The highest BCUT2D eigenvalue weighted by molar-refractivity contribution is 6.02. The van der Waals surface area contributed by atoms with E-state index in [0.29, 0.717) is 37.8 Å². The summed E-state index contributed by atoms with van der Waals surface area (Å²) in [6.07, 6.45) is 8.05. The molecule has 0 spiro atoms. The molecule has 0 atom stereocenters. The Bertz CT molecular complexity index is 1230. The van der Waals surface area contributed by atoms with Crippen molar-refractivity contribution < 1.29 is 9.53 Å². The molecule has 7 heteroatoms. The second-order valence-electron chi connectivity index (χ2n) is 7.82. The summed E-state index contributed by atoms with van der Waals surface area (Å²) in [5.41, 5.74) is 5.67. The number of rotatable bonds is 3. The second-order valence-corrected chi connectivity index (χ2v) is 7.82. The summed E-state index contributed by atoms with van der Waals surface area (Å²) in [6, 6.07) is 8.36.